The summed E-state index contributed by atoms with van der Waals surface area (Å²) in [7, 11) is 0. The number of rotatable bonds is 5. The smallest absolute Gasteiger partial charge is 0.237 e. The minimum absolute atomic E-state index is 0.0446. The van der Waals surface area contributed by atoms with Crippen LogP contribution in [-0.2, 0) is 16.0 Å². The van der Waals surface area contributed by atoms with Gasteiger partial charge in [0.25, 0.3) is 0 Å². The van der Waals surface area contributed by atoms with Crippen molar-refractivity contribution in [3.63, 3.8) is 0 Å². The van der Waals surface area contributed by atoms with Gasteiger partial charge in [-0.15, -0.1) is 0 Å². The van der Waals surface area contributed by atoms with Gasteiger partial charge in [0, 0.05) is 26.1 Å². The molecular weight excluding hydrogens is 342 g/mol. The number of hydrogen-bond acceptors (Lipinski definition) is 5. The molecule has 4 rings (SSSR count). The summed E-state index contributed by atoms with van der Waals surface area (Å²) in [5.74, 6) is 1.70. The lowest BCUT2D eigenvalue weighted by Gasteiger charge is -2.36. The molecule has 0 spiro atoms. The number of nitrogens with zero attached hydrogens (tertiary/aromatic N) is 3. The molecule has 2 saturated heterocycles. The Balaban J connectivity index is 1.43. The van der Waals surface area contributed by atoms with E-state index in [2.05, 4.69) is 22.0 Å². The Morgan fingerprint density at radius 2 is 1.93 bits per heavy atom. The Hall–Kier alpha value is -2.18. The summed E-state index contributed by atoms with van der Waals surface area (Å²) in [4.78, 5) is 21.6. The van der Waals surface area contributed by atoms with E-state index >= 15 is 0 Å². The largest absolute Gasteiger partial charge is 0.443 e. The van der Waals surface area contributed by atoms with Crippen LogP contribution in [0.5, 0.6) is 0 Å². The Labute approximate surface area is 160 Å². The molecule has 2 aliphatic rings. The van der Waals surface area contributed by atoms with Gasteiger partial charge in [0.15, 0.2) is 0 Å². The second kappa shape index (κ2) is 8.67. The van der Waals surface area contributed by atoms with Gasteiger partial charge in [-0.05, 0) is 24.8 Å². The zero-order valence-electron chi connectivity index (χ0n) is 15.7. The van der Waals surface area contributed by atoms with Crippen molar-refractivity contribution in [1.29, 1.82) is 0 Å². The molecule has 0 unspecified atom stereocenters. The van der Waals surface area contributed by atoms with Crippen LogP contribution in [0.2, 0.25) is 0 Å². The number of hydrogen-bond donors (Lipinski definition) is 0. The first-order valence-corrected chi connectivity index (χ1v) is 9.88. The summed E-state index contributed by atoms with van der Waals surface area (Å²) >= 11 is 0. The molecule has 6 heteroatoms. The monoisotopic (exact) mass is 369 g/mol. The predicted molar refractivity (Wildman–Crippen MR) is 101 cm³/mol. The van der Waals surface area contributed by atoms with Crippen molar-refractivity contribution in [2.45, 2.75) is 31.7 Å². The second-order valence-electron chi connectivity index (χ2n) is 7.31. The van der Waals surface area contributed by atoms with Crippen LogP contribution in [0.15, 0.2) is 40.9 Å². The maximum Gasteiger partial charge on any atom is 0.237 e. The van der Waals surface area contributed by atoms with Gasteiger partial charge in [-0.1, -0.05) is 30.3 Å². The van der Waals surface area contributed by atoms with Crippen LogP contribution in [0.3, 0.4) is 0 Å². The minimum atomic E-state index is -0.0446. The molecule has 0 saturated carbocycles. The molecule has 1 atom stereocenters. The molecule has 3 heterocycles. The number of aromatic nitrogens is 1. The quantitative estimate of drug-likeness (QED) is 0.811. The van der Waals surface area contributed by atoms with Gasteiger partial charge in [-0.3, -0.25) is 9.69 Å². The third-order valence-corrected chi connectivity index (χ3v) is 5.36. The maximum atomic E-state index is 12.9. The average molecular weight is 369 g/mol. The molecule has 1 amide bonds. The van der Waals surface area contributed by atoms with E-state index < -0.39 is 0 Å². The lowest BCUT2D eigenvalue weighted by molar-refractivity contribution is -0.137. The fourth-order valence-corrected chi connectivity index (χ4v) is 3.88. The van der Waals surface area contributed by atoms with E-state index in [1.165, 1.54) is 5.56 Å². The molecule has 27 heavy (non-hydrogen) atoms. The summed E-state index contributed by atoms with van der Waals surface area (Å²) < 4.78 is 11.4. The zero-order valence-corrected chi connectivity index (χ0v) is 15.7. The van der Waals surface area contributed by atoms with Crippen molar-refractivity contribution < 1.29 is 13.9 Å². The number of ether oxygens (including phenoxy) is 1. The molecule has 0 N–H and O–H groups in total. The number of morpholine rings is 1. The van der Waals surface area contributed by atoms with Gasteiger partial charge in [-0.25, -0.2) is 4.98 Å². The molecule has 2 aliphatic heterocycles. The van der Waals surface area contributed by atoms with E-state index in [0.29, 0.717) is 25.6 Å². The van der Waals surface area contributed by atoms with Crippen LogP contribution in [-0.4, -0.2) is 60.1 Å². The van der Waals surface area contributed by atoms with Gasteiger partial charge >= 0.3 is 0 Å². The Morgan fingerprint density at radius 1 is 1.11 bits per heavy atom. The molecule has 6 nitrogen and oxygen atoms in total. The highest BCUT2D eigenvalue weighted by atomic mass is 16.5. The number of piperidine rings is 1. The fraction of sp³-hybridized carbons (Fsp3) is 0.524. The zero-order chi connectivity index (χ0) is 18.5. The van der Waals surface area contributed by atoms with Crippen molar-refractivity contribution in [2.24, 2.45) is 0 Å². The normalized spacial score (nSPS) is 21.3. The SMILES string of the molecule is O=C(CN1CCOCC1)N1CCCC[C@H]1c1ncc(Cc2ccccc2)o1. The van der Waals surface area contributed by atoms with Crippen LogP contribution >= 0.6 is 0 Å². The number of benzene rings is 1. The topological polar surface area (TPSA) is 58.8 Å². The maximum absolute atomic E-state index is 12.9. The molecule has 1 aromatic carbocycles. The number of oxazole rings is 1. The fourth-order valence-electron chi connectivity index (χ4n) is 3.88. The Morgan fingerprint density at radius 3 is 2.74 bits per heavy atom. The minimum Gasteiger partial charge on any atom is -0.443 e. The van der Waals surface area contributed by atoms with Gasteiger partial charge < -0.3 is 14.1 Å². The number of carbonyl (C=O) groups excluding carboxylic acids is 1. The van der Waals surface area contributed by atoms with Crippen LogP contribution in [0.25, 0.3) is 0 Å². The van der Waals surface area contributed by atoms with Crippen molar-refractivity contribution in [1.82, 2.24) is 14.8 Å². The third-order valence-electron chi connectivity index (χ3n) is 5.36. The number of likely N-dealkylation sites (tertiary alicyclic amines) is 1. The van der Waals surface area contributed by atoms with Crippen LogP contribution in [0.4, 0.5) is 0 Å². The first-order chi connectivity index (χ1) is 13.3. The molecule has 0 radical (unpaired) electrons. The molecule has 0 aliphatic carbocycles. The van der Waals surface area contributed by atoms with E-state index in [1.807, 2.05) is 29.3 Å². The first kappa shape index (κ1) is 18.2. The van der Waals surface area contributed by atoms with Crippen LogP contribution < -0.4 is 0 Å². The molecule has 1 aromatic heterocycles. The van der Waals surface area contributed by atoms with E-state index in [4.69, 9.17) is 9.15 Å². The van der Waals surface area contributed by atoms with Crippen LogP contribution in [0.1, 0.15) is 42.5 Å². The van der Waals surface area contributed by atoms with E-state index in [-0.39, 0.29) is 11.9 Å². The molecule has 2 fully saturated rings. The summed E-state index contributed by atoms with van der Waals surface area (Å²) in [6.45, 7) is 4.30. The Bertz CT molecular complexity index is 740. The van der Waals surface area contributed by atoms with Crippen molar-refractivity contribution in [3.8, 4) is 0 Å². The standard InChI is InChI=1S/C21H27N3O3/c25-20(16-23-10-12-26-13-11-23)24-9-5-4-8-19(24)21-22-15-18(27-21)14-17-6-2-1-3-7-17/h1-3,6-7,15,19H,4-5,8-14,16H2/t19-/m0/s1. The van der Waals surface area contributed by atoms with Gasteiger partial charge in [0.05, 0.1) is 26.0 Å². The molecule has 0 bridgehead atoms. The number of carbonyl (C=O) groups is 1. The summed E-state index contributed by atoms with van der Waals surface area (Å²) in [5.41, 5.74) is 1.20. The lowest BCUT2D eigenvalue weighted by atomic mass is 10.0. The summed E-state index contributed by atoms with van der Waals surface area (Å²) in [6, 6.07) is 10.2. The molecule has 2 aromatic rings. The van der Waals surface area contributed by atoms with Gasteiger partial charge in [0.1, 0.15) is 11.8 Å². The van der Waals surface area contributed by atoms with E-state index in [1.54, 1.807) is 0 Å². The predicted octanol–water partition coefficient (Wildman–Crippen LogP) is 2.65. The highest BCUT2D eigenvalue weighted by Crippen LogP contribution is 2.31. The third kappa shape index (κ3) is 4.57. The Kier molecular flexibility index (Phi) is 5.84. The summed E-state index contributed by atoms with van der Waals surface area (Å²) in [6.07, 6.45) is 5.59. The van der Waals surface area contributed by atoms with Crippen LogP contribution in [0, 0.1) is 0 Å². The van der Waals surface area contributed by atoms with Crippen molar-refractivity contribution >= 4 is 5.91 Å². The average Bonchev–Trinajstić information content (AvgIpc) is 3.18. The highest BCUT2D eigenvalue weighted by molar-refractivity contribution is 5.78. The van der Waals surface area contributed by atoms with Crippen molar-refractivity contribution in [3.05, 3.63) is 53.7 Å². The lowest BCUT2D eigenvalue weighted by Crippen LogP contribution is -2.47. The first-order valence-electron chi connectivity index (χ1n) is 9.88. The molecule has 144 valence electrons. The van der Waals surface area contributed by atoms with Crippen molar-refractivity contribution in [2.75, 3.05) is 39.4 Å². The van der Waals surface area contributed by atoms with E-state index in [9.17, 15) is 4.79 Å². The highest BCUT2D eigenvalue weighted by Gasteiger charge is 2.32. The van der Waals surface area contributed by atoms with E-state index in [0.717, 1.165) is 51.1 Å². The van der Waals surface area contributed by atoms with Gasteiger partial charge in [0.2, 0.25) is 11.8 Å². The van der Waals surface area contributed by atoms with Gasteiger partial charge in [-0.2, -0.15) is 0 Å². The second-order valence-corrected chi connectivity index (χ2v) is 7.31. The molecular formula is C21H27N3O3. The number of amides is 1. The summed E-state index contributed by atoms with van der Waals surface area (Å²) in [5, 5.41) is 0.